The molecule has 0 aliphatic rings. The number of nitrogens with one attached hydrogen (secondary N) is 1. The Morgan fingerprint density at radius 2 is 2.14 bits per heavy atom. The summed E-state index contributed by atoms with van der Waals surface area (Å²) in [6.07, 6.45) is 0. The van der Waals surface area contributed by atoms with E-state index in [4.69, 9.17) is 5.26 Å². The van der Waals surface area contributed by atoms with Crippen LogP contribution in [0.25, 0.3) is 0 Å². The van der Waals surface area contributed by atoms with Crippen molar-refractivity contribution >= 4 is 0 Å². The fraction of sp³-hybridized carbons (Fsp3) is 0.375. The highest BCUT2D eigenvalue weighted by molar-refractivity contribution is 5.35. The Balaban J connectivity index is 2.26. The first-order valence-corrected chi connectivity index (χ1v) is 6.99. The number of hydrogen-bond acceptors (Lipinski definition) is 3. The third kappa shape index (κ3) is 3.29. The molecule has 0 bridgehead atoms. The van der Waals surface area contributed by atoms with Crippen molar-refractivity contribution in [2.75, 3.05) is 6.54 Å². The highest BCUT2D eigenvalue weighted by atomic mass is 19.1. The number of hydrogen-bond donors (Lipinski definition) is 1. The van der Waals surface area contributed by atoms with Gasteiger partial charge in [0.05, 0.1) is 17.8 Å². The maximum atomic E-state index is 13.3. The SMILES string of the molecule is CCNCc1c(C)nn(Cc2ccc(F)c(C#N)c2)c1C. The molecule has 0 radical (unpaired) electrons. The molecule has 0 spiro atoms. The summed E-state index contributed by atoms with van der Waals surface area (Å²) in [7, 11) is 0. The van der Waals surface area contributed by atoms with Crippen LogP contribution in [0.5, 0.6) is 0 Å². The molecule has 5 heteroatoms. The van der Waals surface area contributed by atoms with Gasteiger partial charge in [-0.15, -0.1) is 0 Å². The van der Waals surface area contributed by atoms with E-state index in [0.29, 0.717) is 6.54 Å². The molecule has 21 heavy (non-hydrogen) atoms. The summed E-state index contributed by atoms with van der Waals surface area (Å²) >= 11 is 0. The van der Waals surface area contributed by atoms with E-state index in [2.05, 4.69) is 17.3 Å². The summed E-state index contributed by atoms with van der Waals surface area (Å²) in [5, 5.41) is 16.7. The molecule has 0 aliphatic carbocycles. The molecule has 0 fully saturated rings. The van der Waals surface area contributed by atoms with Crippen LogP contribution >= 0.6 is 0 Å². The quantitative estimate of drug-likeness (QED) is 0.919. The Morgan fingerprint density at radius 3 is 2.81 bits per heavy atom. The summed E-state index contributed by atoms with van der Waals surface area (Å²) in [6, 6.07) is 6.47. The number of rotatable bonds is 5. The highest BCUT2D eigenvalue weighted by Gasteiger charge is 2.12. The Bertz CT molecular complexity index is 682. The first kappa shape index (κ1) is 15.2. The monoisotopic (exact) mass is 286 g/mol. The number of halogens is 1. The molecule has 0 unspecified atom stereocenters. The number of benzene rings is 1. The molecule has 2 rings (SSSR count). The molecule has 1 N–H and O–H groups in total. The molecular weight excluding hydrogens is 267 g/mol. The normalized spacial score (nSPS) is 10.6. The summed E-state index contributed by atoms with van der Waals surface area (Å²) in [5.41, 5.74) is 4.22. The third-order valence-electron chi connectivity index (χ3n) is 3.57. The van der Waals surface area contributed by atoms with Gasteiger partial charge in [-0.2, -0.15) is 10.4 Å². The number of nitrogens with zero attached hydrogens (tertiary/aromatic N) is 3. The van der Waals surface area contributed by atoms with E-state index in [0.717, 1.165) is 30.0 Å². The fourth-order valence-electron chi connectivity index (χ4n) is 2.32. The molecule has 0 amide bonds. The zero-order valence-corrected chi connectivity index (χ0v) is 12.6. The minimum Gasteiger partial charge on any atom is -0.313 e. The Hall–Kier alpha value is -2.19. The van der Waals surface area contributed by atoms with Crippen LogP contribution in [-0.2, 0) is 13.1 Å². The van der Waals surface area contributed by atoms with Gasteiger partial charge >= 0.3 is 0 Å². The molecule has 1 aromatic heterocycles. The summed E-state index contributed by atoms with van der Waals surface area (Å²) in [6.45, 7) is 8.32. The van der Waals surface area contributed by atoms with Crippen LogP contribution in [0.1, 0.15) is 35.0 Å². The lowest BCUT2D eigenvalue weighted by atomic mass is 10.1. The van der Waals surface area contributed by atoms with E-state index < -0.39 is 5.82 Å². The second-order valence-corrected chi connectivity index (χ2v) is 5.01. The van der Waals surface area contributed by atoms with Gasteiger partial charge in [0.25, 0.3) is 0 Å². The lowest BCUT2D eigenvalue weighted by molar-refractivity contribution is 0.618. The standard InChI is InChI=1S/C16H19FN4/c1-4-19-9-15-11(2)20-21(12(15)3)10-13-5-6-16(17)14(7-13)8-18/h5-7,19H,4,9-10H2,1-3H3. The highest BCUT2D eigenvalue weighted by Crippen LogP contribution is 2.16. The molecule has 0 atom stereocenters. The summed E-state index contributed by atoms with van der Waals surface area (Å²) in [4.78, 5) is 0. The van der Waals surface area contributed by atoms with Crippen LogP contribution in [0.3, 0.4) is 0 Å². The Kier molecular flexibility index (Phi) is 4.71. The second kappa shape index (κ2) is 6.51. The van der Waals surface area contributed by atoms with E-state index in [-0.39, 0.29) is 5.56 Å². The molecule has 1 aromatic carbocycles. The van der Waals surface area contributed by atoms with Gasteiger partial charge in [-0.25, -0.2) is 4.39 Å². The van der Waals surface area contributed by atoms with Crippen LogP contribution in [0.15, 0.2) is 18.2 Å². The topological polar surface area (TPSA) is 53.6 Å². The fourth-order valence-corrected chi connectivity index (χ4v) is 2.32. The van der Waals surface area contributed by atoms with Crippen molar-refractivity contribution in [2.24, 2.45) is 0 Å². The van der Waals surface area contributed by atoms with Crippen molar-refractivity contribution < 1.29 is 4.39 Å². The first-order valence-electron chi connectivity index (χ1n) is 6.99. The zero-order valence-electron chi connectivity index (χ0n) is 12.6. The molecule has 0 aliphatic heterocycles. The van der Waals surface area contributed by atoms with Crippen LogP contribution in [0.2, 0.25) is 0 Å². The average Bonchev–Trinajstić information content (AvgIpc) is 2.73. The van der Waals surface area contributed by atoms with Crippen LogP contribution in [0, 0.1) is 31.0 Å². The van der Waals surface area contributed by atoms with Gasteiger partial charge in [-0.05, 0) is 38.1 Å². The minimum absolute atomic E-state index is 0.0712. The predicted octanol–water partition coefficient (Wildman–Crippen LogP) is 2.67. The maximum absolute atomic E-state index is 13.3. The number of aryl methyl sites for hydroxylation is 1. The van der Waals surface area contributed by atoms with Crippen LogP contribution in [0.4, 0.5) is 4.39 Å². The van der Waals surface area contributed by atoms with Crippen molar-refractivity contribution in [3.05, 3.63) is 52.1 Å². The zero-order chi connectivity index (χ0) is 15.4. The molecular formula is C16H19FN4. The molecule has 0 saturated heterocycles. The summed E-state index contributed by atoms with van der Waals surface area (Å²) in [5.74, 6) is -0.484. The van der Waals surface area contributed by atoms with Gasteiger partial charge < -0.3 is 5.32 Å². The van der Waals surface area contributed by atoms with E-state index >= 15 is 0 Å². The molecule has 110 valence electrons. The molecule has 2 aromatic rings. The van der Waals surface area contributed by atoms with Crippen molar-refractivity contribution in [2.45, 2.75) is 33.9 Å². The van der Waals surface area contributed by atoms with Crippen LogP contribution < -0.4 is 5.32 Å². The summed E-state index contributed by atoms with van der Waals surface area (Å²) < 4.78 is 15.2. The van der Waals surface area contributed by atoms with Gasteiger partial charge in [0.1, 0.15) is 11.9 Å². The van der Waals surface area contributed by atoms with Crippen molar-refractivity contribution in [1.29, 1.82) is 5.26 Å². The number of nitriles is 1. The lowest BCUT2D eigenvalue weighted by Crippen LogP contribution is -2.13. The van der Waals surface area contributed by atoms with Gasteiger partial charge in [-0.1, -0.05) is 13.0 Å². The van der Waals surface area contributed by atoms with Gasteiger partial charge in [-0.3, -0.25) is 4.68 Å². The minimum atomic E-state index is -0.484. The smallest absolute Gasteiger partial charge is 0.140 e. The van der Waals surface area contributed by atoms with E-state index in [1.807, 2.05) is 24.6 Å². The Labute approximate surface area is 124 Å². The largest absolute Gasteiger partial charge is 0.313 e. The number of aromatic nitrogens is 2. The third-order valence-corrected chi connectivity index (χ3v) is 3.57. The second-order valence-electron chi connectivity index (χ2n) is 5.01. The van der Waals surface area contributed by atoms with E-state index in [1.54, 1.807) is 12.1 Å². The van der Waals surface area contributed by atoms with Crippen LogP contribution in [-0.4, -0.2) is 16.3 Å². The maximum Gasteiger partial charge on any atom is 0.140 e. The van der Waals surface area contributed by atoms with E-state index in [1.165, 1.54) is 11.6 Å². The molecule has 4 nitrogen and oxygen atoms in total. The average molecular weight is 286 g/mol. The molecule has 0 saturated carbocycles. The molecule has 1 heterocycles. The Morgan fingerprint density at radius 1 is 1.38 bits per heavy atom. The van der Waals surface area contributed by atoms with Crippen molar-refractivity contribution in [1.82, 2.24) is 15.1 Å². The van der Waals surface area contributed by atoms with Gasteiger partial charge in [0, 0.05) is 17.8 Å². The first-order chi connectivity index (χ1) is 10.1. The van der Waals surface area contributed by atoms with Gasteiger partial charge in [0.2, 0.25) is 0 Å². The van der Waals surface area contributed by atoms with Crippen molar-refractivity contribution in [3.8, 4) is 6.07 Å². The van der Waals surface area contributed by atoms with Gasteiger partial charge in [0.15, 0.2) is 0 Å². The predicted molar refractivity (Wildman–Crippen MR) is 79.3 cm³/mol. The lowest BCUT2D eigenvalue weighted by Gasteiger charge is -2.07. The van der Waals surface area contributed by atoms with E-state index in [9.17, 15) is 4.39 Å². The van der Waals surface area contributed by atoms with Crippen molar-refractivity contribution in [3.63, 3.8) is 0 Å².